The zero-order valence-corrected chi connectivity index (χ0v) is 12.1. The van der Waals surface area contributed by atoms with Crippen LogP contribution in [0.5, 0.6) is 0 Å². The minimum absolute atomic E-state index is 0.0855. The minimum atomic E-state index is -0.0855. The van der Waals surface area contributed by atoms with Gasteiger partial charge in [-0.3, -0.25) is 0 Å². The third-order valence-electron chi connectivity index (χ3n) is 3.51. The van der Waals surface area contributed by atoms with E-state index in [1.165, 1.54) is 9.88 Å². The highest BCUT2D eigenvalue weighted by molar-refractivity contribution is 7.11. The van der Waals surface area contributed by atoms with Crippen LogP contribution in [0.25, 0.3) is 0 Å². The monoisotopic (exact) mass is 254 g/mol. The molecule has 17 heavy (non-hydrogen) atoms. The molecule has 0 radical (unpaired) electrons. The Morgan fingerprint density at radius 2 is 2.18 bits per heavy atom. The average molecular weight is 254 g/mol. The largest absolute Gasteiger partial charge is 0.376 e. The Hall–Kier alpha value is -0.450. The number of hydrogen-bond acceptors (Lipinski definition) is 4. The number of nitrogens with zero attached hydrogens (tertiary/aromatic N) is 1. The maximum atomic E-state index is 5.78. The summed E-state index contributed by atoms with van der Waals surface area (Å²) < 4.78 is 5.78. The molecule has 0 aliphatic carbocycles. The van der Waals surface area contributed by atoms with Crippen molar-refractivity contribution in [1.29, 1.82) is 0 Å². The van der Waals surface area contributed by atoms with E-state index in [4.69, 9.17) is 9.72 Å². The Bertz CT molecular complexity index is 383. The van der Waals surface area contributed by atoms with Gasteiger partial charge < -0.3 is 10.1 Å². The molecule has 1 aromatic rings. The fourth-order valence-corrected chi connectivity index (χ4v) is 3.63. The summed E-state index contributed by atoms with van der Waals surface area (Å²) in [7, 11) is 0. The third kappa shape index (κ3) is 2.26. The number of ether oxygens (including phenoxy) is 1. The van der Waals surface area contributed by atoms with Gasteiger partial charge in [0, 0.05) is 17.5 Å². The second-order valence-electron chi connectivity index (χ2n) is 5.19. The molecule has 2 heterocycles. The van der Waals surface area contributed by atoms with Crippen molar-refractivity contribution in [2.45, 2.75) is 58.7 Å². The van der Waals surface area contributed by atoms with E-state index in [1.54, 1.807) is 11.3 Å². The highest BCUT2D eigenvalue weighted by atomic mass is 32.1. The van der Waals surface area contributed by atoms with Gasteiger partial charge in [0.05, 0.1) is 17.3 Å². The van der Waals surface area contributed by atoms with Crippen molar-refractivity contribution in [3.8, 4) is 0 Å². The molecule has 3 nitrogen and oxygen atoms in total. The Morgan fingerprint density at radius 1 is 1.47 bits per heavy atom. The lowest BCUT2D eigenvalue weighted by molar-refractivity contribution is 0.0784. The summed E-state index contributed by atoms with van der Waals surface area (Å²) in [4.78, 5) is 6.05. The van der Waals surface area contributed by atoms with Crippen molar-refractivity contribution in [1.82, 2.24) is 10.3 Å². The molecule has 0 bridgehead atoms. The van der Waals surface area contributed by atoms with Crippen LogP contribution < -0.4 is 5.32 Å². The Labute approximate surface area is 108 Å². The number of aromatic nitrogens is 1. The first kappa shape index (κ1) is 13.0. The van der Waals surface area contributed by atoms with Crippen LogP contribution in [0.15, 0.2) is 0 Å². The highest BCUT2D eigenvalue weighted by Crippen LogP contribution is 2.39. The molecular formula is C13H22N2OS. The Morgan fingerprint density at radius 3 is 2.59 bits per heavy atom. The average Bonchev–Trinajstić information content (AvgIpc) is 2.73. The standard InChI is InChI=1S/C13H22N2OS/c1-8(2)15-13(6-7-16-11(13)5)12-14-9(3)10(4)17-12/h8,11,15H,6-7H2,1-5H3. The van der Waals surface area contributed by atoms with Gasteiger partial charge in [-0.2, -0.15) is 0 Å². The van der Waals surface area contributed by atoms with E-state index in [1.807, 2.05) is 0 Å². The minimum Gasteiger partial charge on any atom is -0.376 e. The zero-order valence-electron chi connectivity index (χ0n) is 11.3. The van der Waals surface area contributed by atoms with Gasteiger partial charge in [0.15, 0.2) is 0 Å². The predicted molar refractivity (Wildman–Crippen MR) is 71.6 cm³/mol. The summed E-state index contributed by atoms with van der Waals surface area (Å²) in [5.74, 6) is 0. The van der Waals surface area contributed by atoms with Crippen LogP contribution in [0.4, 0.5) is 0 Å². The molecule has 1 aliphatic rings. The summed E-state index contributed by atoms with van der Waals surface area (Å²) >= 11 is 1.80. The van der Waals surface area contributed by atoms with E-state index in [2.05, 4.69) is 39.9 Å². The third-order valence-corrected chi connectivity index (χ3v) is 4.77. The van der Waals surface area contributed by atoms with E-state index < -0.39 is 0 Å². The molecule has 1 aliphatic heterocycles. The Balaban J connectivity index is 2.39. The fraction of sp³-hybridized carbons (Fsp3) is 0.769. The summed E-state index contributed by atoms with van der Waals surface area (Å²) in [6.07, 6.45) is 1.20. The molecule has 0 amide bonds. The number of hydrogen-bond donors (Lipinski definition) is 1. The maximum absolute atomic E-state index is 5.78. The first-order valence-corrected chi connectivity index (χ1v) is 7.11. The van der Waals surface area contributed by atoms with Crippen molar-refractivity contribution in [2.75, 3.05) is 6.61 Å². The molecule has 2 atom stereocenters. The van der Waals surface area contributed by atoms with Crippen LogP contribution in [-0.2, 0) is 10.3 Å². The van der Waals surface area contributed by atoms with Gasteiger partial charge in [0.1, 0.15) is 5.01 Å². The molecule has 2 unspecified atom stereocenters. The van der Waals surface area contributed by atoms with Crippen LogP contribution in [0.2, 0.25) is 0 Å². The summed E-state index contributed by atoms with van der Waals surface area (Å²) in [5, 5.41) is 4.87. The van der Waals surface area contributed by atoms with Gasteiger partial charge in [-0.1, -0.05) is 0 Å². The molecule has 1 saturated heterocycles. The van der Waals surface area contributed by atoms with Gasteiger partial charge in [-0.25, -0.2) is 4.98 Å². The Kier molecular flexibility index (Phi) is 3.57. The second-order valence-corrected chi connectivity index (χ2v) is 6.40. The summed E-state index contributed by atoms with van der Waals surface area (Å²) in [5.41, 5.74) is 1.06. The van der Waals surface area contributed by atoms with Gasteiger partial charge >= 0.3 is 0 Å². The highest BCUT2D eigenvalue weighted by Gasteiger charge is 2.45. The molecule has 0 aromatic carbocycles. The van der Waals surface area contributed by atoms with E-state index in [0.717, 1.165) is 18.7 Å². The van der Waals surface area contributed by atoms with Crippen molar-refractivity contribution in [3.05, 3.63) is 15.6 Å². The topological polar surface area (TPSA) is 34.2 Å². The van der Waals surface area contributed by atoms with Crippen molar-refractivity contribution in [3.63, 3.8) is 0 Å². The predicted octanol–water partition coefficient (Wildman–Crippen LogP) is 2.76. The van der Waals surface area contributed by atoms with Gasteiger partial charge in [0.25, 0.3) is 0 Å². The van der Waals surface area contributed by atoms with Crippen LogP contribution in [-0.4, -0.2) is 23.7 Å². The van der Waals surface area contributed by atoms with E-state index >= 15 is 0 Å². The van der Waals surface area contributed by atoms with Gasteiger partial charge in [-0.05, 0) is 41.0 Å². The van der Waals surface area contributed by atoms with Crippen LogP contribution in [0, 0.1) is 13.8 Å². The number of nitrogens with one attached hydrogen (secondary N) is 1. The fourth-order valence-electron chi connectivity index (χ4n) is 2.45. The SMILES string of the molecule is Cc1nc(C2(NC(C)C)CCOC2C)sc1C. The number of rotatable bonds is 3. The first-order valence-electron chi connectivity index (χ1n) is 6.29. The van der Waals surface area contributed by atoms with Crippen molar-refractivity contribution in [2.24, 2.45) is 0 Å². The van der Waals surface area contributed by atoms with Crippen molar-refractivity contribution >= 4 is 11.3 Å². The van der Waals surface area contributed by atoms with E-state index in [9.17, 15) is 0 Å². The molecule has 4 heteroatoms. The molecule has 2 rings (SSSR count). The lowest BCUT2D eigenvalue weighted by Gasteiger charge is -2.33. The maximum Gasteiger partial charge on any atom is 0.116 e. The molecule has 1 N–H and O–H groups in total. The molecular weight excluding hydrogens is 232 g/mol. The van der Waals surface area contributed by atoms with Crippen LogP contribution >= 0.6 is 11.3 Å². The number of thiazole rings is 1. The normalized spacial score (nSPS) is 29.2. The quantitative estimate of drug-likeness (QED) is 0.900. The van der Waals surface area contributed by atoms with Crippen LogP contribution in [0.1, 0.15) is 42.8 Å². The zero-order chi connectivity index (χ0) is 12.6. The second kappa shape index (κ2) is 4.67. The molecule has 96 valence electrons. The number of aryl methyl sites for hydroxylation is 2. The van der Waals surface area contributed by atoms with E-state index in [-0.39, 0.29) is 11.6 Å². The summed E-state index contributed by atoms with van der Waals surface area (Å²) in [6.45, 7) is 11.5. The molecule has 1 aromatic heterocycles. The lowest BCUT2D eigenvalue weighted by atomic mass is 9.91. The smallest absolute Gasteiger partial charge is 0.116 e. The van der Waals surface area contributed by atoms with E-state index in [0.29, 0.717) is 6.04 Å². The van der Waals surface area contributed by atoms with Crippen molar-refractivity contribution < 1.29 is 4.74 Å². The van der Waals surface area contributed by atoms with Gasteiger partial charge in [-0.15, -0.1) is 11.3 Å². The van der Waals surface area contributed by atoms with Crippen LogP contribution in [0.3, 0.4) is 0 Å². The summed E-state index contributed by atoms with van der Waals surface area (Å²) in [6, 6.07) is 0.434. The lowest BCUT2D eigenvalue weighted by Crippen LogP contribution is -2.50. The molecule has 0 saturated carbocycles. The molecule has 1 fully saturated rings. The first-order chi connectivity index (χ1) is 7.95. The van der Waals surface area contributed by atoms with Gasteiger partial charge in [0.2, 0.25) is 0 Å². The molecule has 0 spiro atoms.